The molecule has 41 heavy (non-hydrogen) atoms. The van der Waals surface area contributed by atoms with E-state index in [9.17, 15) is 19.1 Å². The Bertz CT molecular complexity index is 1210. The summed E-state index contributed by atoms with van der Waals surface area (Å²) in [5.74, 6) is -0.297. The van der Waals surface area contributed by atoms with Gasteiger partial charge in [0.1, 0.15) is 18.2 Å². The molecule has 0 saturated heterocycles. The Balaban J connectivity index is 1.49. The van der Waals surface area contributed by atoms with Crippen LogP contribution in [-0.2, 0) is 28.0 Å². The van der Waals surface area contributed by atoms with Gasteiger partial charge in [0, 0.05) is 44.1 Å². The van der Waals surface area contributed by atoms with Gasteiger partial charge in [0.2, 0.25) is 11.8 Å². The second-order valence-corrected chi connectivity index (χ2v) is 11.2. The van der Waals surface area contributed by atoms with Gasteiger partial charge in [-0.05, 0) is 73.4 Å². The number of nitrogens with one attached hydrogen (secondary N) is 2. The lowest BCUT2D eigenvalue weighted by atomic mass is 9.98. The molecule has 2 aromatic rings. The summed E-state index contributed by atoms with van der Waals surface area (Å²) >= 11 is 0. The fraction of sp³-hybridized carbons (Fsp3) is 0.515. The Kier molecular flexibility index (Phi) is 10.9. The van der Waals surface area contributed by atoms with E-state index < -0.39 is 18.0 Å². The number of aliphatic hydroxyl groups is 1. The highest BCUT2D eigenvalue weighted by molar-refractivity contribution is 5.79. The van der Waals surface area contributed by atoms with Crippen molar-refractivity contribution in [1.29, 1.82) is 0 Å². The standard InChI is InChI=1S/C33H44FN3O4/c1-3-15-37-16-5-6-17-41-28-20-25(19-27(34)22-28)21-29(36-31(39)11-8-12-32(37)40)30(38)23-35-33(13-14-33)26-10-7-9-24(4-2)18-26/h5-7,9-10,18-20,22,29-30,35,38H,3-4,8,11-17,21,23H2,1-2H3,(H,36,39)/b6-5-. The molecule has 0 radical (unpaired) electrons. The van der Waals surface area contributed by atoms with Gasteiger partial charge >= 0.3 is 0 Å². The Morgan fingerprint density at radius 1 is 1.15 bits per heavy atom. The van der Waals surface area contributed by atoms with Gasteiger partial charge in [0.25, 0.3) is 0 Å². The quantitative estimate of drug-likeness (QED) is 0.413. The van der Waals surface area contributed by atoms with Gasteiger partial charge in [-0.2, -0.15) is 0 Å². The minimum absolute atomic E-state index is 0.00548. The number of ether oxygens (including phenoxy) is 1. The predicted octanol–water partition coefficient (Wildman–Crippen LogP) is 4.41. The summed E-state index contributed by atoms with van der Waals surface area (Å²) in [7, 11) is 0. The number of benzene rings is 2. The summed E-state index contributed by atoms with van der Waals surface area (Å²) in [4.78, 5) is 27.5. The summed E-state index contributed by atoms with van der Waals surface area (Å²) in [5, 5.41) is 17.9. The van der Waals surface area contributed by atoms with E-state index in [1.165, 1.54) is 23.3 Å². The Hall–Kier alpha value is -3.23. The molecular weight excluding hydrogens is 521 g/mol. The van der Waals surface area contributed by atoms with Crippen LogP contribution in [0, 0.1) is 5.82 Å². The molecule has 1 saturated carbocycles. The van der Waals surface area contributed by atoms with Gasteiger partial charge in [0.05, 0.1) is 12.1 Å². The molecule has 3 N–H and O–H groups in total. The molecule has 4 rings (SSSR count). The third-order valence-electron chi connectivity index (χ3n) is 7.96. The number of aryl methyl sites for hydroxylation is 1. The summed E-state index contributed by atoms with van der Waals surface area (Å²) in [6.07, 6.45) is 7.64. The summed E-state index contributed by atoms with van der Waals surface area (Å²) in [6.45, 7) is 5.76. The first-order valence-electron chi connectivity index (χ1n) is 15.0. The predicted molar refractivity (Wildman–Crippen MR) is 158 cm³/mol. The van der Waals surface area contributed by atoms with Crippen LogP contribution in [0.5, 0.6) is 5.75 Å². The second-order valence-electron chi connectivity index (χ2n) is 11.2. The number of halogens is 1. The second kappa shape index (κ2) is 14.6. The van der Waals surface area contributed by atoms with Crippen molar-refractivity contribution in [2.24, 2.45) is 0 Å². The molecule has 2 atom stereocenters. The van der Waals surface area contributed by atoms with Crippen molar-refractivity contribution >= 4 is 11.8 Å². The zero-order valence-corrected chi connectivity index (χ0v) is 24.3. The van der Waals surface area contributed by atoms with Crippen LogP contribution in [0.2, 0.25) is 0 Å². The number of hydrogen-bond acceptors (Lipinski definition) is 5. The lowest BCUT2D eigenvalue weighted by Crippen LogP contribution is -2.50. The van der Waals surface area contributed by atoms with Crippen molar-refractivity contribution in [3.8, 4) is 5.75 Å². The number of amides is 2. The van der Waals surface area contributed by atoms with Crippen LogP contribution in [0.1, 0.15) is 69.1 Å². The Labute approximate surface area is 243 Å². The molecule has 1 aliphatic carbocycles. The zero-order valence-electron chi connectivity index (χ0n) is 24.3. The SMILES string of the molecule is CCCN1C/C=C\COc2cc(F)cc(c2)CC(C(O)CNC2(c3cccc(CC)c3)CC2)NC(=O)CCCC1=O. The van der Waals surface area contributed by atoms with Crippen LogP contribution in [0.4, 0.5) is 4.39 Å². The molecule has 222 valence electrons. The van der Waals surface area contributed by atoms with Crippen LogP contribution in [0.3, 0.4) is 0 Å². The molecule has 1 aliphatic heterocycles. The maximum atomic E-state index is 14.5. The molecule has 2 bridgehead atoms. The first kappa shape index (κ1) is 30.7. The number of carbonyl (C=O) groups is 2. The van der Waals surface area contributed by atoms with Crippen LogP contribution < -0.4 is 15.4 Å². The average molecular weight is 566 g/mol. The van der Waals surface area contributed by atoms with E-state index in [2.05, 4.69) is 41.8 Å². The van der Waals surface area contributed by atoms with Gasteiger partial charge in [-0.1, -0.05) is 44.2 Å². The minimum Gasteiger partial charge on any atom is -0.489 e. The lowest BCUT2D eigenvalue weighted by Gasteiger charge is -2.27. The van der Waals surface area contributed by atoms with E-state index in [0.29, 0.717) is 30.8 Å². The van der Waals surface area contributed by atoms with E-state index in [1.807, 2.05) is 19.1 Å². The first-order chi connectivity index (χ1) is 19.8. The highest BCUT2D eigenvalue weighted by atomic mass is 19.1. The molecule has 8 heteroatoms. The summed E-state index contributed by atoms with van der Waals surface area (Å²) in [6, 6.07) is 12.4. The highest BCUT2D eigenvalue weighted by Crippen LogP contribution is 2.45. The van der Waals surface area contributed by atoms with Crippen molar-refractivity contribution in [3.05, 3.63) is 77.1 Å². The maximum Gasteiger partial charge on any atom is 0.222 e. The minimum atomic E-state index is -0.912. The van der Waals surface area contributed by atoms with Crippen molar-refractivity contribution in [3.63, 3.8) is 0 Å². The van der Waals surface area contributed by atoms with E-state index in [4.69, 9.17) is 4.74 Å². The van der Waals surface area contributed by atoms with Crippen molar-refractivity contribution in [2.45, 2.75) is 82.9 Å². The monoisotopic (exact) mass is 565 g/mol. The van der Waals surface area contributed by atoms with E-state index in [-0.39, 0.29) is 49.8 Å². The number of carbonyl (C=O) groups excluding carboxylic acids is 2. The number of fused-ring (bicyclic) bond motifs is 2. The van der Waals surface area contributed by atoms with Gasteiger partial charge in [-0.25, -0.2) is 4.39 Å². The molecule has 2 unspecified atom stereocenters. The van der Waals surface area contributed by atoms with Crippen LogP contribution in [-0.4, -0.2) is 60.2 Å². The Morgan fingerprint density at radius 2 is 1.98 bits per heavy atom. The molecule has 1 fully saturated rings. The van der Waals surface area contributed by atoms with Gasteiger partial charge in [-0.15, -0.1) is 0 Å². The van der Waals surface area contributed by atoms with Crippen molar-refractivity contribution in [1.82, 2.24) is 15.5 Å². The number of nitrogens with zero attached hydrogens (tertiary/aromatic N) is 1. The zero-order chi connectivity index (χ0) is 29.2. The third kappa shape index (κ3) is 8.88. The number of aliphatic hydroxyl groups excluding tert-OH is 1. The summed E-state index contributed by atoms with van der Waals surface area (Å²) in [5.41, 5.74) is 2.93. The van der Waals surface area contributed by atoms with Gasteiger partial charge < -0.3 is 25.4 Å². The fourth-order valence-corrected chi connectivity index (χ4v) is 5.42. The smallest absolute Gasteiger partial charge is 0.222 e. The fourth-order valence-electron chi connectivity index (χ4n) is 5.42. The normalized spacial score (nSPS) is 21.4. The number of hydrogen-bond donors (Lipinski definition) is 3. The van der Waals surface area contributed by atoms with Crippen LogP contribution in [0.25, 0.3) is 0 Å². The molecule has 1 heterocycles. The maximum absolute atomic E-state index is 14.5. The lowest BCUT2D eigenvalue weighted by molar-refractivity contribution is -0.131. The molecule has 0 spiro atoms. The topological polar surface area (TPSA) is 90.9 Å². The largest absolute Gasteiger partial charge is 0.489 e. The molecule has 2 aromatic carbocycles. The Morgan fingerprint density at radius 3 is 2.73 bits per heavy atom. The average Bonchev–Trinajstić information content (AvgIpc) is 3.75. The molecule has 2 amide bonds. The first-order valence-corrected chi connectivity index (χ1v) is 15.0. The third-order valence-corrected chi connectivity index (χ3v) is 7.96. The highest BCUT2D eigenvalue weighted by Gasteiger charge is 2.44. The van der Waals surface area contributed by atoms with E-state index >= 15 is 0 Å². The molecular formula is C33H44FN3O4. The van der Waals surface area contributed by atoms with E-state index in [1.54, 1.807) is 11.0 Å². The van der Waals surface area contributed by atoms with Gasteiger partial charge in [0.15, 0.2) is 0 Å². The van der Waals surface area contributed by atoms with Crippen molar-refractivity contribution in [2.75, 3.05) is 26.2 Å². The van der Waals surface area contributed by atoms with Crippen LogP contribution in [0.15, 0.2) is 54.6 Å². The number of rotatable bonds is 8. The van der Waals surface area contributed by atoms with Crippen molar-refractivity contribution < 1.29 is 23.8 Å². The molecule has 7 nitrogen and oxygen atoms in total. The molecule has 0 aromatic heterocycles. The summed E-state index contributed by atoms with van der Waals surface area (Å²) < 4.78 is 20.3. The van der Waals surface area contributed by atoms with Gasteiger partial charge in [-0.3, -0.25) is 9.59 Å². The van der Waals surface area contributed by atoms with Crippen LogP contribution >= 0.6 is 0 Å². The molecule has 2 aliphatic rings. The van der Waals surface area contributed by atoms with E-state index in [0.717, 1.165) is 25.7 Å².